The lowest BCUT2D eigenvalue weighted by atomic mass is 10.0. The molecule has 3 heteroatoms. The van der Waals surface area contributed by atoms with Gasteiger partial charge in [-0.1, -0.05) is 18.2 Å². The van der Waals surface area contributed by atoms with E-state index in [-0.39, 0.29) is 0 Å². The lowest BCUT2D eigenvalue weighted by Crippen LogP contribution is -2.03. The molecular formula is C14H13NO2. The average Bonchev–Trinajstić information content (AvgIpc) is 2.38. The number of carboxylic acids is 1. The quantitative estimate of drug-likeness (QED) is 0.873. The van der Waals surface area contributed by atoms with Crippen LogP contribution in [0.4, 0.5) is 0 Å². The molecule has 0 aliphatic rings. The Morgan fingerprint density at radius 3 is 2.47 bits per heavy atom. The molecule has 2 aromatic rings. The van der Waals surface area contributed by atoms with Crippen molar-refractivity contribution in [1.82, 2.24) is 4.98 Å². The van der Waals surface area contributed by atoms with Crippen LogP contribution in [0.15, 0.2) is 48.8 Å². The molecule has 0 fully saturated rings. The Morgan fingerprint density at radius 2 is 1.76 bits per heavy atom. The second kappa shape index (κ2) is 5.25. The van der Waals surface area contributed by atoms with Crippen molar-refractivity contribution in [3.05, 3.63) is 65.5 Å². The summed E-state index contributed by atoms with van der Waals surface area (Å²) in [5, 5.41) is 9.05. The number of hydrogen-bond acceptors (Lipinski definition) is 2. The zero-order valence-electron chi connectivity index (χ0n) is 9.34. The number of rotatable bonds is 4. The van der Waals surface area contributed by atoms with Crippen molar-refractivity contribution in [1.29, 1.82) is 0 Å². The number of aryl methyl sites for hydroxylation is 2. The van der Waals surface area contributed by atoms with Gasteiger partial charge >= 0.3 is 5.97 Å². The standard InChI is InChI=1S/C14H13NO2/c16-14(17)13-4-2-1-3-12(13)6-5-11-7-9-15-10-8-11/h1-4,7-10H,5-6H2,(H,16,17). The number of hydrogen-bond donors (Lipinski definition) is 1. The average molecular weight is 227 g/mol. The lowest BCUT2D eigenvalue weighted by molar-refractivity contribution is 0.0695. The van der Waals surface area contributed by atoms with Crippen molar-refractivity contribution in [2.75, 3.05) is 0 Å². The normalized spacial score (nSPS) is 10.1. The van der Waals surface area contributed by atoms with Gasteiger partial charge in [0.2, 0.25) is 0 Å². The van der Waals surface area contributed by atoms with Crippen molar-refractivity contribution < 1.29 is 9.90 Å². The highest BCUT2D eigenvalue weighted by molar-refractivity contribution is 5.89. The molecule has 0 radical (unpaired) electrons. The van der Waals surface area contributed by atoms with E-state index in [4.69, 9.17) is 5.11 Å². The number of pyridine rings is 1. The van der Waals surface area contributed by atoms with E-state index in [1.807, 2.05) is 24.3 Å². The lowest BCUT2D eigenvalue weighted by Gasteiger charge is -2.05. The maximum absolute atomic E-state index is 11.0. The third kappa shape index (κ3) is 2.91. The number of aromatic carboxylic acids is 1. The van der Waals surface area contributed by atoms with Crippen LogP contribution in [0, 0.1) is 0 Å². The molecule has 0 saturated heterocycles. The minimum atomic E-state index is -0.865. The van der Waals surface area contributed by atoms with E-state index in [0.717, 1.165) is 18.4 Å². The fourth-order valence-corrected chi connectivity index (χ4v) is 1.78. The van der Waals surface area contributed by atoms with Crippen LogP contribution >= 0.6 is 0 Å². The molecule has 0 spiro atoms. The summed E-state index contributed by atoms with van der Waals surface area (Å²) >= 11 is 0. The Hall–Kier alpha value is -2.16. The third-order valence-electron chi connectivity index (χ3n) is 2.68. The maximum atomic E-state index is 11.0. The summed E-state index contributed by atoms with van der Waals surface area (Å²) in [6.07, 6.45) is 5.05. The van der Waals surface area contributed by atoms with Gasteiger partial charge in [-0.3, -0.25) is 4.98 Å². The monoisotopic (exact) mass is 227 g/mol. The SMILES string of the molecule is O=C(O)c1ccccc1CCc1ccncc1. The van der Waals surface area contributed by atoms with E-state index in [2.05, 4.69) is 4.98 Å². The summed E-state index contributed by atoms with van der Waals surface area (Å²) < 4.78 is 0. The van der Waals surface area contributed by atoms with Crippen molar-refractivity contribution in [2.45, 2.75) is 12.8 Å². The molecule has 1 aromatic carbocycles. The maximum Gasteiger partial charge on any atom is 0.335 e. The zero-order chi connectivity index (χ0) is 12.1. The van der Waals surface area contributed by atoms with E-state index in [1.165, 1.54) is 5.56 Å². The minimum absolute atomic E-state index is 0.390. The van der Waals surface area contributed by atoms with Gasteiger partial charge in [0.15, 0.2) is 0 Å². The van der Waals surface area contributed by atoms with Gasteiger partial charge in [-0.25, -0.2) is 4.79 Å². The fraction of sp³-hybridized carbons (Fsp3) is 0.143. The molecule has 0 aliphatic carbocycles. The van der Waals surface area contributed by atoms with Gasteiger partial charge in [0, 0.05) is 12.4 Å². The summed E-state index contributed by atoms with van der Waals surface area (Å²) in [7, 11) is 0. The van der Waals surface area contributed by atoms with Gasteiger partial charge in [0.05, 0.1) is 5.56 Å². The van der Waals surface area contributed by atoms with Gasteiger partial charge in [0.25, 0.3) is 0 Å². The van der Waals surface area contributed by atoms with Gasteiger partial charge in [-0.05, 0) is 42.2 Å². The number of carbonyl (C=O) groups is 1. The van der Waals surface area contributed by atoms with Crippen LogP contribution in [0.3, 0.4) is 0 Å². The first-order valence-electron chi connectivity index (χ1n) is 5.47. The predicted molar refractivity (Wildman–Crippen MR) is 65.0 cm³/mol. The molecular weight excluding hydrogens is 214 g/mol. The molecule has 0 bridgehead atoms. The Balaban J connectivity index is 2.12. The molecule has 0 saturated carbocycles. The van der Waals surface area contributed by atoms with E-state index >= 15 is 0 Å². The Morgan fingerprint density at radius 1 is 1.06 bits per heavy atom. The van der Waals surface area contributed by atoms with Crippen molar-refractivity contribution in [3.8, 4) is 0 Å². The molecule has 3 nitrogen and oxygen atoms in total. The molecule has 1 heterocycles. The highest BCUT2D eigenvalue weighted by atomic mass is 16.4. The van der Waals surface area contributed by atoms with Crippen molar-refractivity contribution in [2.24, 2.45) is 0 Å². The van der Waals surface area contributed by atoms with Crippen molar-refractivity contribution in [3.63, 3.8) is 0 Å². The van der Waals surface area contributed by atoms with E-state index in [1.54, 1.807) is 24.5 Å². The molecule has 86 valence electrons. The Kier molecular flexibility index (Phi) is 3.50. The van der Waals surface area contributed by atoms with Crippen LogP contribution in [-0.4, -0.2) is 16.1 Å². The van der Waals surface area contributed by atoms with E-state index < -0.39 is 5.97 Å². The summed E-state index contributed by atoms with van der Waals surface area (Å²) in [5.74, 6) is -0.865. The molecule has 0 atom stereocenters. The van der Waals surface area contributed by atoms with Crippen LogP contribution in [0.25, 0.3) is 0 Å². The first-order valence-corrected chi connectivity index (χ1v) is 5.47. The smallest absolute Gasteiger partial charge is 0.335 e. The second-order valence-electron chi connectivity index (χ2n) is 3.82. The number of aromatic nitrogens is 1. The molecule has 0 amide bonds. The van der Waals surface area contributed by atoms with Crippen molar-refractivity contribution >= 4 is 5.97 Å². The van der Waals surface area contributed by atoms with Gasteiger partial charge < -0.3 is 5.11 Å². The minimum Gasteiger partial charge on any atom is -0.478 e. The molecule has 1 aromatic heterocycles. The van der Waals surface area contributed by atoms with Crippen LogP contribution < -0.4 is 0 Å². The summed E-state index contributed by atoms with van der Waals surface area (Å²) in [6.45, 7) is 0. The summed E-state index contributed by atoms with van der Waals surface area (Å²) in [5.41, 5.74) is 2.43. The van der Waals surface area contributed by atoms with Crippen LogP contribution in [-0.2, 0) is 12.8 Å². The molecule has 0 unspecified atom stereocenters. The van der Waals surface area contributed by atoms with E-state index in [0.29, 0.717) is 5.56 Å². The molecule has 17 heavy (non-hydrogen) atoms. The molecule has 0 aliphatic heterocycles. The van der Waals surface area contributed by atoms with Crippen LogP contribution in [0.2, 0.25) is 0 Å². The zero-order valence-corrected chi connectivity index (χ0v) is 9.34. The summed E-state index contributed by atoms with van der Waals surface area (Å²) in [4.78, 5) is 15.0. The van der Waals surface area contributed by atoms with Crippen LogP contribution in [0.5, 0.6) is 0 Å². The van der Waals surface area contributed by atoms with Gasteiger partial charge in [0.1, 0.15) is 0 Å². The largest absolute Gasteiger partial charge is 0.478 e. The van der Waals surface area contributed by atoms with E-state index in [9.17, 15) is 4.79 Å². The summed E-state index contributed by atoms with van der Waals surface area (Å²) in [6, 6.07) is 11.0. The number of carboxylic acid groups (broad SMARTS) is 1. The third-order valence-corrected chi connectivity index (χ3v) is 2.68. The van der Waals surface area contributed by atoms with Crippen LogP contribution in [0.1, 0.15) is 21.5 Å². The first kappa shape index (κ1) is 11.3. The Bertz CT molecular complexity index is 509. The van der Waals surface area contributed by atoms with Gasteiger partial charge in [-0.2, -0.15) is 0 Å². The van der Waals surface area contributed by atoms with Gasteiger partial charge in [-0.15, -0.1) is 0 Å². The number of nitrogens with zero attached hydrogens (tertiary/aromatic N) is 1. The fourth-order valence-electron chi connectivity index (χ4n) is 1.78. The topological polar surface area (TPSA) is 50.2 Å². The first-order chi connectivity index (χ1) is 8.27. The molecule has 1 N–H and O–H groups in total. The Labute approximate surface area is 99.8 Å². The second-order valence-corrected chi connectivity index (χ2v) is 3.82. The molecule has 2 rings (SSSR count). The number of benzene rings is 1. The highest BCUT2D eigenvalue weighted by Gasteiger charge is 2.08. The highest BCUT2D eigenvalue weighted by Crippen LogP contribution is 2.12. The predicted octanol–water partition coefficient (Wildman–Crippen LogP) is 2.57.